The second-order valence-electron chi connectivity index (χ2n) is 3.86. The molecule has 0 amide bonds. The van der Waals surface area contributed by atoms with Crippen molar-refractivity contribution >= 4 is 11.9 Å². The van der Waals surface area contributed by atoms with Gasteiger partial charge in [0.1, 0.15) is 0 Å². The number of carbonyl (C=O) groups is 2. The zero-order valence-corrected chi connectivity index (χ0v) is 11.0. The number of carboxylic acid groups (broad SMARTS) is 1. The highest BCUT2D eigenvalue weighted by Gasteiger charge is 2.01. The van der Waals surface area contributed by atoms with Gasteiger partial charge in [-0.1, -0.05) is 26.2 Å². The van der Waals surface area contributed by atoms with Gasteiger partial charge in [-0.3, -0.25) is 4.79 Å². The van der Waals surface area contributed by atoms with Gasteiger partial charge in [0.05, 0.1) is 6.61 Å². The first-order valence-electron chi connectivity index (χ1n) is 6.02. The first-order valence-corrected chi connectivity index (χ1v) is 6.02. The van der Waals surface area contributed by atoms with Gasteiger partial charge < -0.3 is 20.8 Å². The summed E-state index contributed by atoms with van der Waals surface area (Å²) < 4.78 is 4.98. The summed E-state index contributed by atoms with van der Waals surface area (Å²) in [5.41, 5.74) is 0. The van der Waals surface area contributed by atoms with E-state index >= 15 is 0 Å². The zero-order valence-electron chi connectivity index (χ0n) is 11.0. The third kappa shape index (κ3) is 14.9. The molecule has 0 saturated carbocycles. The van der Waals surface area contributed by atoms with Crippen molar-refractivity contribution < 1.29 is 19.4 Å². The summed E-state index contributed by atoms with van der Waals surface area (Å²) in [6.07, 6.45) is 5.60. The molecule has 0 aliphatic carbocycles. The molecule has 0 aliphatic rings. The van der Waals surface area contributed by atoms with Gasteiger partial charge in [-0.25, -0.2) is 0 Å². The molecule has 0 saturated heterocycles. The fraction of sp³-hybridized carbons (Fsp3) is 0.833. The van der Waals surface area contributed by atoms with Crippen LogP contribution in [0.25, 0.3) is 0 Å². The van der Waals surface area contributed by atoms with Crippen molar-refractivity contribution in [1.82, 2.24) is 6.15 Å². The fourth-order valence-corrected chi connectivity index (χ4v) is 1.29. The molecular formula is C12H25NO4. The molecule has 17 heavy (non-hydrogen) atoms. The maximum atomic E-state index is 11.1. The maximum Gasteiger partial charge on any atom is 0.305 e. The predicted molar refractivity (Wildman–Crippen MR) is 64.6 cm³/mol. The number of carboxylic acids is 1. The lowest BCUT2D eigenvalue weighted by molar-refractivity contribution is -0.305. The highest BCUT2D eigenvalue weighted by atomic mass is 16.5. The molecule has 0 heterocycles. The Hall–Kier alpha value is -1.10. The number of hydrogen-bond acceptors (Lipinski definition) is 4. The van der Waals surface area contributed by atoms with Crippen LogP contribution in [0, 0.1) is 0 Å². The number of hydrogen-bond donors (Lipinski definition) is 1. The molecule has 0 aromatic carbocycles. The summed E-state index contributed by atoms with van der Waals surface area (Å²) in [4.78, 5) is 21.2. The zero-order chi connectivity index (χ0) is 12.2. The van der Waals surface area contributed by atoms with Gasteiger partial charge in [-0.15, -0.1) is 0 Å². The van der Waals surface area contributed by atoms with Crippen LogP contribution in [-0.2, 0) is 14.3 Å². The highest BCUT2D eigenvalue weighted by molar-refractivity contribution is 5.69. The first kappa shape index (κ1) is 18.3. The molecule has 5 heteroatoms. The SMILES string of the molecule is CCCCOC(=O)CCCCCCC(=O)[O-].[NH4+]. The lowest BCUT2D eigenvalue weighted by Crippen LogP contribution is -2.21. The number of unbranched alkanes of at least 4 members (excludes halogenated alkanes) is 4. The van der Waals surface area contributed by atoms with E-state index in [-0.39, 0.29) is 18.5 Å². The van der Waals surface area contributed by atoms with Gasteiger partial charge in [0, 0.05) is 12.4 Å². The van der Waals surface area contributed by atoms with E-state index in [4.69, 9.17) is 4.74 Å². The molecule has 0 fully saturated rings. The number of carbonyl (C=O) groups excluding carboxylic acids is 2. The minimum absolute atomic E-state index is 0. The second-order valence-corrected chi connectivity index (χ2v) is 3.86. The number of ether oxygens (including phenoxy) is 1. The molecule has 0 aliphatic heterocycles. The van der Waals surface area contributed by atoms with Crippen molar-refractivity contribution in [3.8, 4) is 0 Å². The average molecular weight is 247 g/mol. The third-order valence-corrected chi connectivity index (χ3v) is 2.27. The molecule has 0 unspecified atom stereocenters. The fourth-order valence-electron chi connectivity index (χ4n) is 1.29. The van der Waals surface area contributed by atoms with Gasteiger partial charge in [0.2, 0.25) is 0 Å². The summed E-state index contributed by atoms with van der Waals surface area (Å²) in [7, 11) is 0. The van der Waals surface area contributed by atoms with Gasteiger partial charge in [0.25, 0.3) is 0 Å². The first-order chi connectivity index (χ1) is 7.66. The van der Waals surface area contributed by atoms with Crippen LogP contribution in [0.5, 0.6) is 0 Å². The van der Waals surface area contributed by atoms with Crippen LogP contribution in [0.3, 0.4) is 0 Å². The molecule has 5 nitrogen and oxygen atoms in total. The average Bonchev–Trinajstić information content (AvgIpc) is 2.23. The molecule has 102 valence electrons. The van der Waals surface area contributed by atoms with E-state index in [2.05, 4.69) is 0 Å². The van der Waals surface area contributed by atoms with E-state index in [0.29, 0.717) is 19.4 Å². The Morgan fingerprint density at radius 3 is 2.12 bits per heavy atom. The quantitative estimate of drug-likeness (QED) is 0.469. The summed E-state index contributed by atoms with van der Waals surface area (Å²) in [5.74, 6) is -1.15. The molecule has 0 spiro atoms. The minimum atomic E-state index is -1.00. The van der Waals surface area contributed by atoms with Crippen molar-refractivity contribution in [2.75, 3.05) is 6.61 Å². The largest absolute Gasteiger partial charge is 0.550 e. The van der Waals surface area contributed by atoms with Crippen LogP contribution in [0.15, 0.2) is 0 Å². The summed E-state index contributed by atoms with van der Waals surface area (Å²) in [5, 5.41) is 10.1. The lowest BCUT2D eigenvalue weighted by atomic mass is 10.1. The molecule has 0 atom stereocenters. The van der Waals surface area contributed by atoms with Crippen molar-refractivity contribution in [1.29, 1.82) is 0 Å². The second kappa shape index (κ2) is 13.0. The van der Waals surface area contributed by atoms with E-state index in [1.807, 2.05) is 6.92 Å². The molecular weight excluding hydrogens is 222 g/mol. The molecule has 0 rings (SSSR count). The summed E-state index contributed by atoms with van der Waals surface area (Å²) in [6.45, 7) is 2.56. The molecule has 0 aromatic heterocycles. The van der Waals surface area contributed by atoms with Gasteiger partial charge in [-0.2, -0.15) is 0 Å². The van der Waals surface area contributed by atoms with Crippen LogP contribution in [0.1, 0.15) is 58.3 Å². The van der Waals surface area contributed by atoms with Crippen LogP contribution in [0.4, 0.5) is 0 Å². The minimum Gasteiger partial charge on any atom is -0.550 e. The van der Waals surface area contributed by atoms with Gasteiger partial charge in [0.15, 0.2) is 0 Å². The number of rotatable bonds is 10. The van der Waals surface area contributed by atoms with Crippen LogP contribution < -0.4 is 11.3 Å². The predicted octanol–water partition coefficient (Wildman–Crippen LogP) is 1.80. The standard InChI is InChI=1S/C12H22O4.H3N/c1-2-3-10-16-12(15)9-7-5-4-6-8-11(13)14;/h2-10H2,1H3,(H,13,14);1H3. The topological polar surface area (TPSA) is 103 Å². The van der Waals surface area contributed by atoms with Crippen molar-refractivity contribution in [2.45, 2.75) is 58.3 Å². The smallest absolute Gasteiger partial charge is 0.305 e. The molecule has 0 aromatic rings. The summed E-state index contributed by atoms with van der Waals surface area (Å²) in [6, 6.07) is 0. The Morgan fingerprint density at radius 1 is 1.00 bits per heavy atom. The van der Waals surface area contributed by atoms with E-state index in [1.165, 1.54) is 0 Å². The lowest BCUT2D eigenvalue weighted by Gasteiger charge is -2.04. The van der Waals surface area contributed by atoms with Crippen LogP contribution in [-0.4, -0.2) is 18.5 Å². The van der Waals surface area contributed by atoms with Gasteiger partial charge >= 0.3 is 5.97 Å². The molecule has 4 N–H and O–H groups in total. The van der Waals surface area contributed by atoms with Crippen molar-refractivity contribution in [3.63, 3.8) is 0 Å². The van der Waals surface area contributed by atoms with Crippen molar-refractivity contribution in [3.05, 3.63) is 0 Å². The Bertz CT molecular complexity index is 207. The Balaban J connectivity index is 0. The van der Waals surface area contributed by atoms with E-state index < -0.39 is 5.97 Å². The maximum absolute atomic E-state index is 11.1. The summed E-state index contributed by atoms with van der Waals surface area (Å²) >= 11 is 0. The highest BCUT2D eigenvalue weighted by Crippen LogP contribution is 2.06. The Kier molecular flexibility index (Phi) is 13.9. The number of esters is 1. The number of aliphatic carboxylic acids is 1. The van der Waals surface area contributed by atoms with Crippen LogP contribution >= 0.6 is 0 Å². The number of quaternary nitrogens is 1. The van der Waals surface area contributed by atoms with Crippen molar-refractivity contribution in [2.24, 2.45) is 0 Å². The van der Waals surface area contributed by atoms with Crippen LogP contribution in [0.2, 0.25) is 0 Å². The van der Waals surface area contributed by atoms with Gasteiger partial charge in [-0.05, 0) is 25.7 Å². The van der Waals surface area contributed by atoms with E-state index in [0.717, 1.165) is 32.1 Å². The molecule has 0 bridgehead atoms. The third-order valence-electron chi connectivity index (χ3n) is 2.27. The normalized spacial score (nSPS) is 9.47. The van der Waals surface area contributed by atoms with E-state index in [9.17, 15) is 14.7 Å². The monoisotopic (exact) mass is 247 g/mol. The molecule has 0 radical (unpaired) electrons. The van der Waals surface area contributed by atoms with E-state index in [1.54, 1.807) is 0 Å². The Morgan fingerprint density at radius 2 is 1.59 bits per heavy atom. The Labute approximate surface area is 103 Å².